The summed E-state index contributed by atoms with van der Waals surface area (Å²) in [6.07, 6.45) is 11.4. The highest BCUT2D eigenvalue weighted by Gasteiger charge is 2.48. The zero-order valence-electron chi connectivity index (χ0n) is 22.5. The molecule has 1 aliphatic heterocycles. The number of hydrogen-bond donors (Lipinski definition) is 2. The van der Waals surface area contributed by atoms with Gasteiger partial charge in [0.05, 0.1) is 13.2 Å². The van der Waals surface area contributed by atoms with Crippen molar-refractivity contribution < 1.29 is 9.47 Å². The molecule has 206 valence electrons. The smallest absolute Gasteiger partial charge is 0.199 e. The molecule has 6 nitrogen and oxygen atoms in total. The normalized spacial score (nSPS) is 21.0. The van der Waals surface area contributed by atoms with Gasteiger partial charge in [0.1, 0.15) is 12.4 Å². The van der Waals surface area contributed by atoms with Crippen LogP contribution in [0.4, 0.5) is 5.69 Å². The summed E-state index contributed by atoms with van der Waals surface area (Å²) in [4.78, 5) is 6.70. The number of hydrogen-bond acceptors (Lipinski definition) is 5. The first-order valence-corrected chi connectivity index (χ1v) is 15.6. The predicted molar refractivity (Wildman–Crippen MR) is 168 cm³/mol. The van der Waals surface area contributed by atoms with Gasteiger partial charge in [-0.05, 0) is 76.0 Å². The summed E-state index contributed by atoms with van der Waals surface area (Å²) in [5.41, 5.74) is 8.98. The summed E-state index contributed by atoms with van der Waals surface area (Å²) in [6, 6.07) is 7.76. The van der Waals surface area contributed by atoms with Crippen LogP contribution in [-0.2, 0) is 4.74 Å². The summed E-state index contributed by atoms with van der Waals surface area (Å²) >= 11 is 10.1. The number of allylic oxidation sites excluding steroid dienone is 4. The highest BCUT2D eigenvalue weighted by atomic mass is 79.9. The van der Waals surface area contributed by atoms with E-state index in [-0.39, 0.29) is 0 Å². The number of morpholine rings is 1. The van der Waals surface area contributed by atoms with Gasteiger partial charge in [0.15, 0.2) is 10.3 Å². The average molecular weight is 612 g/mol. The van der Waals surface area contributed by atoms with E-state index >= 15 is 0 Å². The predicted octanol–water partition coefficient (Wildman–Crippen LogP) is 6.63. The van der Waals surface area contributed by atoms with Crippen molar-refractivity contribution in [3.63, 3.8) is 0 Å². The molecule has 3 N–H and O–H groups in total. The quantitative estimate of drug-likeness (QED) is 0.118. The van der Waals surface area contributed by atoms with E-state index in [1.165, 1.54) is 25.7 Å². The Morgan fingerprint density at radius 2 is 1.95 bits per heavy atom. The molecular formula is C28H43BrN4O2S2. The Bertz CT molecular complexity index is 898. The number of fused-ring (bicyclic) bond motifs is 1. The van der Waals surface area contributed by atoms with Gasteiger partial charge in [-0.3, -0.25) is 4.90 Å². The Kier molecular flexibility index (Phi) is 15.5. The van der Waals surface area contributed by atoms with Crippen molar-refractivity contribution in [1.29, 1.82) is 0 Å². The van der Waals surface area contributed by atoms with Crippen molar-refractivity contribution in [2.24, 2.45) is 16.1 Å². The van der Waals surface area contributed by atoms with E-state index in [0.29, 0.717) is 22.3 Å². The maximum absolute atomic E-state index is 6.10. The minimum atomic E-state index is 0.383. The fraction of sp³-hybridized carbons (Fsp3) is 0.571. The zero-order valence-corrected chi connectivity index (χ0v) is 25.7. The van der Waals surface area contributed by atoms with Crippen molar-refractivity contribution in [2.75, 3.05) is 55.9 Å². The molecule has 1 atom stereocenters. The van der Waals surface area contributed by atoms with Crippen LogP contribution in [0.5, 0.6) is 5.75 Å². The summed E-state index contributed by atoms with van der Waals surface area (Å²) in [6.45, 7) is 11.2. The number of anilines is 1. The first-order chi connectivity index (χ1) is 18.0. The summed E-state index contributed by atoms with van der Waals surface area (Å²) < 4.78 is 11.2. The molecule has 37 heavy (non-hydrogen) atoms. The van der Waals surface area contributed by atoms with E-state index < -0.39 is 0 Å². The molecule has 9 heteroatoms. The van der Waals surface area contributed by atoms with E-state index in [4.69, 9.17) is 27.4 Å². The molecule has 1 aromatic carbocycles. The number of nitrogens with zero attached hydrogens (tertiary/aromatic N) is 2. The van der Waals surface area contributed by atoms with E-state index in [9.17, 15) is 0 Å². The van der Waals surface area contributed by atoms with Crippen LogP contribution in [0, 0.1) is 5.41 Å². The van der Waals surface area contributed by atoms with Gasteiger partial charge in [-0.15, -0.1) is 0 Å². The second kappa shape index (κ2) is 18.0. The van der Waals surface area contributed by atoms with Crippen LogP contribution >= 0.6 is 39.9 Å². The van der Waals surface area contributed by atoms with Crippen LogP contribution in [0.1, 0.15) is 46.5 Å². The Balaban J connectivity index is 0.000000616. The third-order valence-corrected chi connectivity index (χ3v) is 7.54. The number of nitrogens with two attached hydrogens (primary N) is 1. The second-order valence-electron chi connectivity index (χ2n) is 9.01. The van der Waals surface area contributed by atoms with Crippen LogP contribution in [0.3, 0.4) is 0 Å². The molecule has 1 heterocycles. The number of benzene rings is 1. The minimum absolute atomic E-state index is 0.383. The lowest BCUT2D eigenvalue weighted by molar-refractivity contribution is 0.0322. The maximum atomic E-state index is 6.10. The maximum Gasteiger partial charge on any atom is 0.199 e. The van der Waals surface area contributed by atoms with Crippen molar-refractivity contribution in [1.82, 2.24) is 4.90 Å². The molecule has 0 amide bonds. The number of thiocarbonyl (C=S) groups is 1. The van der Waals surface area contributed by atoms with Crippen molar-refractivity contribution in [3.05, 3.63) is 48.1 Å². The molecule has 2 aliphatic carbocycles. The lowest BCUT2D eigenvalue weighted by Gasteiger charge is -2.26. The fourth-order valence-corrected chi connectivity index (χ4v) is 5.32. The molecule has 0 radical (unpaired) electrons. The molecule has 1 unspecified atom stereocenters. The van der Waals surface area contributed by atoms with Crippen molar-refractivity contribution >= 4 is 55.9 Å². The van der Waals surface area contributed by atoms with Gasteiger partial charge in [0.2, 0.25) is 0 Å². The van der Waals surface area contributed by atoms with Gasteiger partial charge in [0, 0.05) is 41.8 Å². The third-order valence-electron chi connectivity index (χ3n) is 6.26. The lowest BCUT2D eigenvalue weighted by atomic mass is 9.96. The van der Waals surface area contributed by atoms with Crippen LogP contribution in [0.25, 0.3) is 0 Å². The molecule has 0 bridgehead atoms. The first-order valence-electron chi connectivity index (χ1n) is 13.1. The number of nitrogens with one attached hydrogen (secondary N) is 1. The number of amidine groups is 1. The van der Waals surface area contributed by atoms with Gasteiger partial charge in [-0.25, -0.2) is 0 Å². The topological polar surface area (TPSA) is 72.1 Å². The van der Waals surface area contributed by atoms with E-state index in [1.54, 1.807) is 17.3 Å². The number of rotatable bonds is 7. The number of halogens is 1. The molecule has 1 saturated carbocycles. The van der Waals surface area contributed by atoms with Crippen molar-refractivity contribution in [2.45, 2.75) is 46.5 Å². The van der Waals surface area contributed by atoms with Crippen LogP contribution in [-0.4, -0.2) is 65.7 Å². The van der Waals surface area contributed by atoms with E-state index in [0.717, 1.165) is 55.4 Å². The Morgan fingerprint density at radius 1 is 1.27 bits per heavy atom. The van der Waals surface area contributed by atoms with E-state index in [2.05, 4.69) is 37.2 Å². The number of alkyl halides is 1. The lowest BCUT2D eigenvalue weighted by Crippen LogP contribution is -2.38. The van der Waals surface area contributed by atoms with Gasteiger partial charge in [0.25, 0.3) is 0 Å². The summed E-state index contributed by atoms with van der Waals surface area (Å²) in [5.74, 6) is 1.85. The Labute approximate surface area is 241 Å². The summed E-state index contributed by atoms with van der Waals surface area (Å²) in [5, 5.41) is 5.10. The SMILES string of the molecule is C/C=C\C.CCBr.N/C(=N\C(=S)Nc1ccc(OCCN2CCOCC2)cc1)SCC12CCCC=C1C2. The van der Waals surface area contributed by atoms with Crippen LogP contribution in [0.15, 0.2) is 53.1 Å². The van der Waals surface area contributed by atoms with Crippen molar-refractivity contribution in [3.8, 4) is 5.75 Å². The standard InChI is InChI=1S/C22H30N4O2S2.C4H8.C2H5Br/c23-20(30-16-22-8-2-1-3-17(22)15-22)25-21(29)24-18-4-6-19(7-5-18)28-14-11-26-9-12-27-13-10-26;1-3-4-2;1-2-3/h3-7H,1-2,8-16H2,(H3,23,24,25,29);3-4H,1-2H3;2H2,1H3/b;4-3-;. The largest absolute Gasteiger partial charge is 0.492 e. The molecule has 1 aromatic rings. The molecule has 1 saturated heterocycles. The number of thioether (sulfide) groups is 1. The number of ether oxygens (including phenoxy) is 2. The summed E-state index contributed by atoms with van der Waals surface area (Å²) in [7, 11) is 0. The zero-order chi connectivity index (χ0) is 26.9. The highest BCUT2D eigenvalue weighted by Crippen LogP contribution is 2.59. The first kappa shape index (κ1) is 31.8. The minimum Gasteiger partial charge on any atom is -0.492 e. The molecular weight excluding hydrogens is 568 g/mol. The Morgan fingerprint density at radius 3 is 2.57 bits per heavy atom. The van der Waals surface area contributed by atoms with Gasteiger partial charge < -0.3 is 20.5 Å². The molecule has 0 spiro atoms. The number of aliphatic imine (C=N–C) groups is 1. The second-order valence-corrected chi connectivity index (χ2v) is 11.5. The third kappa shape index (κ3) is 12.3. The molecule has 3 aliphatic rings. The molecule has 4 rings (SSSR count). The fourth-order valence-electron chi connectivity index (χ4n) is 4.04. The van der Waals surface area contributed by atoms with Gasteiger partial charge in [-0.2, -0.15) is 4.99 Å². The average Bonchev–Trinajstić information content (AvgIpc) is 3.65. The molecule has 2 fully saturated rings. The molecule has 0 aromatic heterocycles. The van der Waals surface area contributed by atoms with E-state index in [1.807, 2.05) is 57.2 Å². The highest BCUT2D eigenvalue weighted by molar-refractivity contribution is 9.09. The monoisotopic (exact) mass is 610 g/mol. The van der Waals surface area contributed by atoms with Gasteiger partial charge in [-0.1, -0.05) is 58.4 Å². The Hall–Kier alpha value is -1.39. The van der Waals surface area contributed by atoms with Crippen LogP contribution in [0.2, 0.25) is 0 Å². The van der Waals surface area contributed by atoms with Gasteiger partial charge >= 0.3 is 0 Å². The van der Waals surface area contributed by atoms with Crippen LogP contribution < -0.4 is 15.8 Å².